The zero-order valence-electron chi connectivity index (χ0n) is 7.40. The standard InChI is InChI=1S/C10H9FN2O/c11-9-3-1-7(2-4-9)10-8(5-12)6-14-13-10/h1-4,6H,5,12H2. The van der Waals surface area contributed by atoms with Gasteiger partial charge in [-0.1, -0.05) is 5.16 Å². The summed E-state index contributed by atoms with van der Waals surface area (Å²) < 4.78 is 17.4. The summed E-state index contributed by atoms with van der Waals surface area (Å²) in [6.45, 7) is 0.357. The average Bonchev–Trinajstić information content (AvgIpc) is 2.67. The van der Waals surface area contributed by atoms with Crippen LogP contribution in [0.15, 0.2) is 35.1 Å². The minimum Gasteiger partial charge on any atom is -0.364 e. The number of aromatic nitrogens is 1. The van der Waals surface area contributed by atoms with E-state index in [1.807, 2.05) is 0 Å². The van der Waals surface area contributed by atoms with Crippen LogP contribution in [0.2, 0.25) is 0 Å². The van der Waals surface area contributed by atoms with Crippen LogP contribution >= 0.6 is 0 Å². The Morgan fingerprint density at radius 2 is 2.00 bits per heavy atom. The van der Waals surface area contributed by atoms with Crippen LogP contribution in [0.1, 0.15) is 5.56 Å². The molecule has 0 bridgehead atoms. The summed E-state index contributed by atoms with van der Waals surface area (Å²) >= 11 is 0. The van der Waals surface area contributed by atoms with E-state index in [-0.39, 0.29) is 5.82 Å². The second-order valence-electron chi connectivity index (χ2n) is 2.90. The van der Waals surface area contributed by atoms with Crippen molar-refractivity contribution in [1.82, 2.24) is 5.16 Å². The molecular formula is C10H9FN2O. The Kier molecular flexibility index (Phi) is 2.28. The smallest absolute Gasteiger partial charge is 0.128 e. The lowest BCUT2D eigenvalue weighted by molar-refractivity contribution is 0.421. The number of nitrogens with two attached hydrogens (primary N) is 1. The molecule has 0 atom stereocenters. The predicted molar refractivity (Wildman–Crippen MR) is 49.8 cm³/mol. The zero-order chi connectivity index (χ0) is 9.97. The molecule has 2 rings (SSSR count). The Bertz CT molecular complexity index is 422. The van der Waals surface area contributed by atoms with Crippen molar-refractivity contribution in [2.45, 2.75) is 6.54 Å². The molecule has 14 heavy (non-hydrogen) atoms. The van der Waals surface area contributed by atoms with E-state index in [0.29, 0.717) is 12.2 Å². The Hall–Kier alpha value is -1.68. The molecule has 72 valence electrons. The minimum absolute atomic E-state index is 0.272. The van der Waals surface area contributed by atoms with Crippen molar-refractivity contribution in [3.05, 3.63) is 41.9 Å². The van der Waals surface area contributed by atoms with E-state index in [1.54, 1.807) is 12.1 Å². The summed E-state index contributed by atoms with van der Waals surface area (Å²) in [6.07, 6.45) is 1.50. The van der Waals surface area contributed by atoms with E-state index >= 15 is 0 Å². The van der Waals surface area contributed by atoms with E-state index < -0.39 is 0 Å². The summed E-state index contributed by atoms with van der Waals surface area (Å²) in [7, 11) is 0. The molecule has 2 aromatic rings. The molecule has 0 amide bonds. The zero-order valence-corrected chi connectivity index (χ0v) is 7.40. The van der Waals surface area contributed by atoms with Gasteiger partial charge in [0.15, 0.2) is 0 Å². The second kappa shape index (κ2) is 3.59. The van der Waals surface area contributed by atoms with E-state index in [0.717, 1.165) is 11.1 Å². The van der Waals surface area contributed by atoms with Gasteiger partial charge < -0.3 is 10.3 Å². The average molecular weight is 192 g/mol. The van der Waals surface area contributed by atoms with Gasteiger partial charge in [-0.2, -0.15) is 0 Å². The molecule has 1 heterocycles. The van der Waals surface area contributed by atoms with Crippen LogP contribution in [0, 0.1) is 5.82 Å². The summed E-state index contributed by atoms with van der Waals surface area (Å²) in [6, 6.07) is 6.05. The predicted octanol–water partition coefficient (Wildman–Crippen LogP) is 1.94. The van der Waals surface area contributed by atoms with Crippen LogP contribution in [0.25, 0.3) is 11.3 Å². The van der Waals surface area contributed by atoms with Gasteiger partial charge in [0.25, 0.3) is 0 Å². The molecule has 1 aromatic carbocycles. The van der Waals surface area contributed by atoms with Gasteiger partial charge in [0.2, 0.25) is 0 Å². The summed E-state index contributed by atoms with van der Waals surface area (Å²) in [4.78, 5) is 0. The quantitative estimate of drug-likeness (QED) is 0.791. The number of halogens is 1. The first-order chi connectivity index (χ1) is 6.81. The van der Waals surface area contributed by atoms with Crippen molar-refractivity contribution < 1.29 is 8.91 Å². The highest BCUT2D eigenvalue weighted by atomic mass is 19.1. The molecule has 3 nitrogen and oxygen atoms in total. The normalized spacial score (nSPS) is 10.4. The molecular weight excluding hydrogens is 183 g/mol. The van der Waals surface area contributed by atoms with Gasteiger partial charge in [0.1, 0.15) is 17.8 Å². The van der Waals surface area contributed by atoms with Crippen molar-refractivity contribution in [2.24, 2.45) is 5.73 Å². The van der Waals surface area contributed by atoms with Gasteiger partial charge in [-0.05, 0) is 24.3 Å². The number of hydrogen-bond acceptors (Lipinski definition) is 3. The number of hydrogen-bond donors (Lipinski definition) is 1. The third-order valence-corrected chi connectivity index (χ3v) is 1.98. The highest BCUT2D eigenvalue weighted by Gasteiger charge is 2.08. The minimum atomic E-state index is -0.272. The van der Waals surface area contributed by atoms with Gasteiger partial charge in [0.05, 0.1) is 0 Å². The van der Waals surface area contributed by atoms with Gasteiger partial charge in [-0.25, -0.2) is 4.39 Å². The summed E-state index contributed by atoms with van der Waals surface area (Å²) in [5.74, 6) is -0.272. The maximum absolute atomic E-state index is 12.6. The Balaban J connectivity index is 2.44. The van der Waals surface area contributed by atoms with Crippen LogP contribution in [0.5, 0.6) is 0 Å². The first kappa shape index (κ1) is 8.90. The Morgan fingerprint density at radius 1 is 1.29 bits per heavy atom. The molecule has 0 spiro atoms. The molecule has 0 aliphatic carbocycles. The molecule has 0 aliphatic rings. The van der Waals surface area contributed by atoms with Crippen LogP contribution in [-0.4, -0.2) is 5.16 Å². The lowest BCUT2D eigenvalue weighted by atomic mass is 10.1. The Morgan fingerprint density at radius 3 is 2.64 bits per heavy atom. The fourth-order valence-corrected chi connectivity index (χ4v) is 1.25. The molecule has 0 fully saturated rings. The molecule has 2 N–H and O–H groups in total. The third kappa shape index (κ3) is 1.52. The van der Waals surface area contributed by atoms with Crippen molar-refractivity contribution in [1.29, 1.82) is 0 Å². The topological polar surface area (TPSA) is 52.0 Å². The van der Waals surface area contributed by atoms with E-state index in [1.165, 1.54) is 18.4 Å². The fourth-order valence-electron chi connectivity index (χ4n) is 1.25. The molecule has 0 radical (unpaired) electrons. The van der Waals surface area contributed by atoms with Gasteiger partial charge in [0, 0.05) is 17.7 Å². The van der Waals surface area contributed by atoms with Crippen molar-refractivity contribution in [2.75, 3.05) is 0 Å². The maximum Gasteiger partial charge on any atom is 0.128 e. The van der Waals surface area contributed by atoms with Crippen molar-refractivity contribution >= 4 is 0 Å². The molecule has 1 aromatic heterocycles. The monoisotopic (exact) mass is 192 g/mol. The molecule has 0 aliphatic heterocycles. The Labute approximate surface area is 80.3 Å². The van der Waals surface area contributed by atoms with E-state index in [9.17, 15) is 4.39 Å². The summed E-state index contributed by atoms with van der Waals surface area (Å²) in [5.41, 5.74) is 7.78. The van der Waals surface area contributed by atoms with Crippen LogP contribution in [0.3, 0.4) is 0 Å². The fraction of sp³-hybridized carbons (Fsp3) is 0.100. The van der Waals surface area contributed by atoms with Crippen LogP contribution < -0.4 is 5.73 Å². The highest BCUT2D eigenvalue weighted by molar-refractivity contribution is 5.61. The molecule has 0 unspecified atom stereocenters. The van der Waals surface area contributed by atoms with Gasteiger partial charge >= 0.3 is 0 Å². The lowest BCUT2D eigenvalue weighted by Crippen LogP contribution is -1.96. The second-order valence-corrected chi connectivity index (χ2v) is 2.90. The van der Waals surface area contributed by atoms with Crippen molar-refractivity contribution in [3.8, 4) is 11.3 Å². The highest BCUT2D eigenvalue weighted by Crippen LogP contribution is 2.21. The molecule has 0 saturated heterocycles. The molecule has 0 saturated carbocycles. The third-order valence-electron chi connectivity index (χ3n) is 1.98. The summed E-state index contributed by atoms with van der Waals surface area (Å²) in [5, 5.41) is 3.81. The number of nitrogens with zero attached hydrogens (tertiary/aromatic N) is 1. The van der Waals surface area contributed by atoms with Gasteiger partial charge in [-0.3, -0.25) is 0 Å². The first-order valence-corrected chi connectivity index (χ1v) is 4.20. The van der Waals surface area contributed by atoms with E-state index in [2.05, 4.69) is 5.16 Å². The van der Waals surface area contributed by atoms with E-state index in [4.69, 9.17) is 10.3 Å². The van der Waals surface area contributed by atoms with Crippen molar-refractivity contribution in [3.63, 3.8) is 0 Å². The van der Waals surface area contributed by atoms with Crippen LogP contribution in [0.4, 0.5) is 4.39 Å². The van der Waals surface area contributed by atoms with Gasteiger partial charge in [-0.15, -0.1) is 0 Å². The largest absolute Gasteiger partial charge is 0.364 e. The van der Waals surface area contributed by atoms with Crippen LogP contribution in [-0.2, 0) is 6.54 Å². The first-order valence-electron chi connectivity index (χ1n) is 4.20. The number of benzene rings is 1. The molecule has 4 heteroatoms. The lowest BCUT2D eigenvalue weighted by Gasteiger charge is -1.97. The maximum atomic E-state index is 12.6. The SMILES string of the molecule is NCc1conc1-c1ccc(F)cc1. The number of rotatable bonds is 2.